The standard InChI is InChI=1S/C22H17N3O2/c23-14-19(22(26)25-16-18-7-5-11-24-15-18)12-17-6-4-10-21(13-17)27-20-8-2-1-3-9-20/h1-13,15H,16H2,(H,25,26)/b19-12+. The molecule has 5 heteroatoms. The maximum atomic E-state index is 12.3. The third-order valence-electron chi connectivity index (χ3n) is 3.69. The quantitative estimate of drug-likeness (QED) is 0.534. The molecule has 3 rings (SSSR count). The largest absolute Gasteiger partial charge is 0.457 e. The van der Waals surface area contributed by atoms with Crippen LogP contribution in [-0.2, 0) is 11.3 Å². The van der Waals surface area contributed by atoms with Crippen molar-refractivity contribution in [2.45, 2.75) is 6.54 Å². The summed E-state index contributed by atoms with van der Waals surface area (Å²) in [6.45, 7) is 0.308. The van der Waals surface area contributed by atoms with Crippen LogP contribution >= 0.6 is 0 Å². The molecule has 0 spiro atoms. The minimum atomic E-state index is -0.435. The van der Waals surface area contributed by atoms with Crippen LogP contribution in [0.5, 0.6) is 11.5 Å². The van der Waals surface area contributed by atoms with Crippen LogP contribution in [-0.4, -0.2) is 10.9 Å². The maximum Gasteiger partial charge on any atom is 0.262 e. The molecule has 27 heavy (non-hydrogen) atoms. The molecular weight excluding hydrogens is 338 g/mol. The van der Waals surface area contributed by atoms with Gasteiger partial charge in [-0.2, -0.15) is 5.26 Å². The predicted octanol–water partition coefficient (Wildman–Crippen LogP) is 4.10. The van der Waals surface area contributed by atoms with Crippen LogP contribution in [0.3, 0.4) is 0 Å². The molecule has 0 aliphatic heterocycles. The van der Waals surface area contributed by atoms with Gasteiger partial charge in [-0.1, -0.05) is 36.4 Å². The molecule has 1 heterocycles. The van der Waals surface area contributed by atoms with E-state index < -0.39 is 5.91 Å². The number of nitriles is 1. The number of para-hydroxylation sites is 1. The van der Waals surface area contributed by atoms with Gasteiger partial charge in [-0.15, -0.1) is 0 Å². The molecule has 0 unspecified atom stereocenters. The summed E-state index contributed by atoms with van der Waals surface area (Å²) in [4.78, 5) is 16.3. The molecule has 1 amide bonds. The zero-order valence-electron chi connectivity index (χ0n) is 14.5. The van der Waals surface area contributed by atoms with Crippen molar-refractivity contribution in [3.63, 3.8) is 0 Å². The van der Waals surface area contributed by atoms with Crippen LogP contribution in [0.1, 0.15) is 11.1 Å². The summed E-state index contributed by atoms with van der Waals surface area (Å²) in [6, 6.07) is 22.2. The van der Waals surface area contributed by atoms with Crippen LogP contribution in [0, 0.1) is 11.3 Å². The van der Waals surface area contributed by atoms with E-state index in [2.05, 4.69) is 10.3 Å². The molecule has 2 aromatic carbocycles. The number of hydrogen-bond donors (Lipinski definition) is 1. The van der Waals surface area contributed by atoms with Gasteiger partial charge in [-0.05, 0) is 47.5 Å². The molecule has 0 radical (unpaired) electrons. The normalized spacial score (nSPS) is 10.7. The third-order valence-corrected chi connectivity index (χ3v) is 3.69. The van der Waals surface area contributed by atoms with Crippen molar-refractivity contribution in [2.75, 3.05) is 0 Å². The van der Waals surface area contributed by atoms with Crippen molar-refractivity contribution in [1.82, 2.24) is 10.3 Å². The highest BCUT2D eigenvalue weighted by Crippen LogP contribution is 2.22. The van der Waals surface area contributed by atoms with Crippen LogP contribution in [0.2, 0.25) is 0 Å². The smallest absolute Gasteiger partial charge is 0.262 e. The average molecular weight is 355 g/mol. The predicted molar refractivity (Wildman–Crippen MR) is 103 cm³/mol. The first-order valence-electron chi connectivity index (χ1n) is 8.36. The molecule has 1 aromatic heterocycles. The van der Waals surface area contributed by atoms with Crippen molar-refractivity contribution >= 4 is 12.0 Å². The van der Waals surface area contributed by atoms with Crippen LogP contribution in [0.15, 0.2) is 84.7 Å². The van der Waals surface area contributed by atoms with E-state index >= 15 is 0 Å². The SMILES string of the molecule is N#C/C(=C\c1cccc(Oc2ccccc2)c1)C(=O)NCc1cccnc1. The summed E-state index contributed by atoms with van der Waals surface area (Å²) in [7, 11) is 0. The fraction of sp³-hybridized carbons (Fsp3) is 0.0455. The molecule has 0 saturated carbocycles. The molecule has 0 fully saturated rings. The van der Waals surface area contributed by atoms with Gasteiger partial charge in [0, 0.05) is 18.9 Å². The highest BCUT2D eigenvalue weighted by Gasteiger charge is 2.09. The molecule has 0 aliphatic rings. The minimum Gasteiger partial charge on any atom is -0.457 e. The molecule has 132 valence electrons. The van der Waals surface area contributed by atoms with Crippen molar-refractivity contribution in [3.8, 4) is 17.6 Å². The summed E-state index contributed by atoms with van der Waals surface area (Å²) >= 11 is 0. The number of nitrogens with one attached hydrogen (secondary N) is 1. The average Bonchev–Trinajstić information content (AvgIpc) is 2.72. The zero-order chi connectivity index (χ0) is 18.9. The number of pyridine rings is 1. The Morgan fingerprint density at radius 1 is 1.07 bits per heavy atom. The molecule has 5 nitrogen and oxygen atoms in total. The second kappa shape index (κ2) is 8.97. The fourth-order valence-corrected chi connectivity index (χ4v) is 2.39. The Morgan fingerprint density at radius 3 is 2.63 bits per heavy atom. The van der Waals surface area contributed by atoms with Gasteiger partial charge in [0.25, 0.3) is 5.91 Å². The topological polar surface area (TPSA) is 75.0 Å². The lowest BCUT2D eigenvalue weighted by molar-refractivity contribution is -0.117. The Bertz CT molecular complexity index is 977. The molecule has 0 saturated heterocycles. The number of nitrogens with zero attached hydrogens (tertiary/aromatic N) is 2. The van der Waals surface area contributed by atoms with Crippen molar-refractivity contribution in [3.05, 3.63) is 95.8 Å². The van der Waals surface area contributed by atoms with Crippen molar-refractivity contribution in [2.24, 2.45) is 0 Å². The molecule has 0 aliphatic carbocycles. The lowest BCUT2D eigenvalue weighted by atomic mass is 10.1. The number of ether oxygens (including phenoxy) is 1. The first-order valence-corrected chi connectivity index (χ1v) is 8.36. The van der Waals surface area contributed by atoms with E-state index in [0.717, 1.165) is 5.56 Å². The van der Waals surface area contributed by atoms with Crippen LogP contribution in [0.25, 0.3) is 6.08 Å². The Hall–Kier alpha value is -3.91. The second-order valence-electron chi connectivity index (χ2n) is 5.70. The number of carbonyl (C=O) groups is 1. The van der Waals surface area contributed by atoms with E-state index in [9.17, 15) is 10.1 Å². The minimum absolute atomic E-state index is 0.0238. The van der Waals surface area contributed by atoms with E-state index in [1.807, 2.05) is 60.7 Å². The number of benzene rings is 2. The first-order chi connectivity index (χ1) is 13.2. The van der Waals surface area contributed by atoms with Gasteiger partial charge in [0.1, 0.15) is 23.1 Å². The van der Waals surface area contributed by atoms with Gasteiger partial charge in [0.05, 0.1) is 0 Å². The van der Waals surface area contributed by atoms with Gasteiger partial charge < -0.3 is 10.1 Å². The van der Waals surface area contributed by atoms with Gasteiger partial charge in [-0.25, -0.2) is 0 Å². The fourth-order valence-electron chi connectivity index (χ4n) is 2.39. The van der Waals surface area contributed by atoms with Crippen LogP contribution < -0.4 is 10.1 Å². The highest BCUT2D eigenvalue weighted by atomic mass is 16.5. The third kappa shape index (κ3) is 5.28. The number of amides is 1. The Morgan fingerprint density at radius 2 is 1.89 bits per heavy atom. The molecule has 0 bridgehead atoms. The number of hydrogen-bond acceptors (Lipinski definition) is 4. The highest BCUT2D eigenvalue weighted by molar-refractivity contribution is 6.01. The number of aromatic nitrogens is 1. The molecule has 1 N–H and O–H groups in total. The van der Waals surface area contributed by atoms with Gasteiger partial charge >= 0.3 is 0 Å². The Kier molecular flexibility index (Phi) is 5.95. The Labute approximate surface area is 157 Å². The molecule has 3 aromatic rings. The zero-order valence-corrected chi connectivity index (χ0v) is 14.5. The first kappa shape index (κ1) is 17.9. The summed E-state index contributed by atoms with van der Waals surface area (Å²) in [5.41, 5.74) is 1.59. The second-order valence-corrected chi connectivity index (χ2v) is 5.70. The molecular formula is C22H17N3O2. The van der Waals surface area contributed by atoms with Crippen molar-refractivity contribution < 1.29 is 9.53 Å². The van der Waals surface area contributed by atoms with E-state index in [1.54, 1.807) is 24.5 Å². The van der Waals surface area contributed by atoms with E-state index in [4.69, 9.17) is 4.74 Å². The molecule has 0 atom stereocenters. The Balaban J connectivity index is 1.70. The van der Waals surface area contributed by atoms with E-state index in [-0.39, 0.29) is 5.57 Å². The summed E-state index contributed by atoms with van der Waals surface area (Å²) in [5.74, 6) is 0.909. The van der Waals surface area contributed by atoms with Gasteiger partial charge in [0.15, 0.2) is 0 Å². The summed E-state index contributed by atoms with van der Waals surface area (Å²) in [5, 5.41) is 12.1. The van der Waals surface area contributed by atoms with Gasteiger partial charge in [-0.3, -0.25) is 9.78 Å². The summed E-state index contributed by atoms with van der Waals surface area (Å²) < 4.78 is 5.78. The summed E-state index contributed by atoms with van der Waals surface area (Å²) in [6.07, 6.45) is 4.87. The van der Waals surface area contributed by atoms with E-state index in [0.29, 0.717) is 23.6 Å². The van der Waals surface area contributed by atoms with E-state index in [1.165, 1.54) is 6.08 Å². The maximum absolute atomic E-state index is 12.3. The van der Waals surface area contributed by atoms with Gasteiger partial charge in [0.2, 0.25) is 0 Å². The van der Waals surface area contributed by atoms with Crippen LogP contribution in [0.4, 0.5) is 0 Å². The number of carbonyl (C=O) groups excluding carboxylic acids is 1. The van der Waals surface area contributed by atoms with Crippen molar-refractivity contribution in [1.29, 1.82) is 5.26 Å². The monoisotopic (exact) mass is 355 g/mol. The lowest BCUT2D eigenvalue weighted by Gasteiger charge is -2.07. The number of rotatable bonds is 6. The lowest BCUT2D eigenvalue weighted by Crippen LogP contribution is -2.23.